The first kappa shape index (κ1) is 16.4. The van der Waals surface area contributed by atoms with Crippen LogP contribution >= 0.6 is 0 Å². The highest BCUT2D eigenvalue weighted by Gasteiger charge is 2.28. The highest BCUT2D eigenvalue weighted by atomic mass is 32.2. The zero-order valence-electron chi connectivity index (χ0n) is 12.2. The van der Waals surface area contributed by atoms with Crippen LogP contribution in [0.2, 0.25) is 0 Å². The minimum atomic E-state index is -3.52. The van der Waals surface area contributed by atoms with Crippen LogP contribution in [0.15, 0.2) is 29.2 Å². The van der Waals surface area contributed by atoms with E-state index in [4.69, 9.17) is 5.53 Å². The van der Waals surface area contributed by atoms with Gasteiger partial charge in [-0.2, -0.15) is 9.10 Å². The van der Waals surface area contributed by atoms with Crippen molar-refractivity contribution < 1.29 is 22.7 Å². The SMILES string of the molecule is COC(=O)C(=[N+]=[N-])c1ccc(S(=O)(=O)N2CCCCC2)cc1. The molecule has 8 heteroatoms. The molecule has 1 fully saturated rings. The number of benzene rings is 1. The Kier molecular flexibility index (Phi) is 5.07. The van der Waals surface area contributed by atoms with E-state index in [1.165, 1.54) is 35.7 Å². The summed E-state index contributed by atoms with van der Waals surface area (Å²) >= 11 is 0. The molecule has 1 heterocycles. The second-order valence-corrected chi connectivity index (χ2v) is 6.87. The molecule has 0 aliphatic carbocycles. The smallest absolute Gasteiger partial charge is 0.422 e. The van der Waals surface area contributed by atoms with Gasteiger partial charge in [-0.15, -0.1) is 0 Å². The third kappa shape index (κ3) is 3.24. The number of hydrogen-bond donors (Lipinski definition) is 0. The van der Waals surface area contributed by atoms with Crippen molar-refractivity contribution in [3.8, 4) is 0 Å². The Labute approximate surface area is 129 Å². The number of esters is 1. The van der Waals surface area contributed by atoms with Crippen molar-refractivity contribution in [1.29, 1.82) is 0 Å². The van der Waals surface area contributed by atoms with Crippen LogP contribution in [0, 0.1) is 0 Å². The summed E-state index contributed by atoms with van der Waals surface area (Å²) < 4.78 is 30.9. The van der Waals surface area contributed by atoms with Gasteiger partial charge in [0, 0.05) is 13.1 Å². The van der Waals surface area contributed by atoms with Gasteiger partial charge in [-0.3, -0.25) is 0 Å². The van der Waals surface area contributed by atoms with E-state index in [1.54, 1.807) is 0 Å². The number of ether oxygens (including phenoxy) is 1. The third-order valence-corrected chi connectivity index (χ3v) is 5.47. The van der Waals surface area contributed by atoms with Gasteiger partial charge in [-0.1, -0.05) is 6.42 Å². The summed E-state index contributed by atoms with van der Waals surface area (Å²) in [4.78, 5) is 14.5. The van der Waals surface area contributed by atoms with Crippen molar-refractivity contribution in [3.05, 3.63) is 35.4 Å². The standard InChI is InChI=1S/C14H17N3O4S/c1-21-14(18)13(16-15)11-5-7-12(8-6-11)22(19,20)17-9-3-2-4-10-17/h5-8H,2-4,9-10H2,1H3. The van der Waals surface area contributed by atoms with Crippen molar-refractivity contribution in [1.82, 2.24) is 4.31 Å². The van der Waals surface area contributed by atoms with Gasteiger partial charge < -0.3 is 10.3 Å². The molecule has 0 atom stereocenters. The third-order valence-electron chi connectivity index (χ3n) is 3.56. The van der Waals surface area contributed by atoms with E-state index in [0.29, 0.717) is 13.1 Å². The molecule has 0 saturated carbocycles. The Morgan fingerprint density at radius 1 is 1.18 bits per heavy atom. The Hall–Kier alpha value is -2.02. The zero-order chi connectivity index (χ0) is 16.2. The van der Waals surface area contributed by atoms with Gasteiger partial charge in [0.1, 0.15) is 0 Å². The molecule has 0 N–H and O–H groups in total. The highest BCUT2D eigenvalue weighted by Crippen LogP contribution is 2.21. The molecular weight excluding hydrogens is 306 g/mol. The maximum atomic E-state index is 12.5. The van der Waals surface area contributed by atoms with Crippen molar-refractivity contribution in [2.24, 2.45) is 0 Å². The first-order chi connectivity index (χ1) is 10.5. The molecule has 0 spiro atoms. The second-order valence-electron chi connectivity index (χ2n) is 4.93. The molecule has 1 saturated heterocycles. The summed E-state index contributed by atoms with van der Waals surface area (Å²) in [6, 6.07) is 5.63. The van der Waals surface area contributed by atoms with Crippen molar-refractivity contribution in [2.45, 2.75) is 24.2 Å². The summed E-state index contributed by atoms with van der Waals surface area (Å²) in [5, 5.41) is 0. The van der Waals surface area contributed by atoms with E-state index in [1.807, 2.05) is 0 Å². The van der Waals surface area contributed by atoms with E-state index < -0.39 is 16.0 Å². The van der Waals surface area contributed by atoms with Gasteiger partial charge in [0.25, 0.3) is 0 Å². The fraction of sp³-hybridized carbons (Fsp3) is 0.429. The lowest BCUT2D eigenvalue weighted by Crippen LogP contribution is -2.35. The average molecular weight is 323 g/mol. The van der Waals surface area contributed by atoms with Crippen LogP contribution in [-0.4, -0.2) is 49.4 Å². The fourth-order valence-corrected chi connectivity index (χ4v) is 3.87. The summed E-state index contributed by atoms with van der Waals surface area (Å²) in [5.41, 5.74) is 8.89. The van der Waals surface area contributed by atoms with Crippen LogP contribution in [0.5, 0.6) is 0 Å². The maximum absolute atomic E-state index is 12.5. The van der Waals surface area contributed by atoms with E-state index in [0.717, 1.165) is 19.3 Å². The maximum Gasteiger partial charge on any atom is 0.422 e. The van der Waals surface area contributed by atoms with E-state index in [9.17, 15) is 13.2 Å². The largest absolute Gasteiger partial charge is 0.460 e. The van der Waals surface area contributed by atoms with Crippen LogP contribution in [0.25, 0.3) is 5.53 Å². The number of piperidine rings is 1. The number of rotatable bonds is 4. The first-order valence-electron chi connectivity index (χ1n) is 6.91. The van der Waals surface area contributed by atoms with Gasteiger partial charge in [-0.25, -0.2) is 13.2 Å². The van der Waals surface area contributed by atoms with Crippen molar-refractivity contribution >= 4 is 21.7 Å². The molecule has 7 nitrogen and oxygen atoms in total. The highest BCUT2D eigenvalue weighted by molar-refractivity contribution is 7.89. The quantitative estimate of drug-likeness (QED) is 0.358. The molecule has 2 rings (SSSR count). The number of sulfonamides is 1. The van der Waals surface area contributed by atoms with Crippen LogP contribution in [-0.2, 0) is 19.6 Å². The van der Waals surface area contributed by atoms with Crippen LogP contribution in [0.4, 0.5) is 0 Å². The summed E-state index contributed by atoms with van der Waals surface area (Å²) in [5.74, 6) is -0.797. The molecule has 1 aromatic rings. The van der Waals surface area contributed by atoms with Crippen molar-refractivity contribution in [2.75, 3.05) is 20.2 Å². The summed E-state index contributed by atoms with van der Waals surface area (Å²) in [7, 11) is -2.35. The molecule has 1 aliphatic heterocycles. The minimum Gasteiger partial charge on any atom is -0.460 e. The summed E-state index contributed by atoms with van der Waals surface area (Å²) in [6.45, 7) is 1.05. The number of carbonyl (C=O) groups excluding carboxylic acids is 1. The van der Waals surface area contributed by atoms with Gasteiger partial charge in [0.05, 0.1) is 17.6 Å². The Morgan fingerprint density at radius 2 is 1.77 bits per heavy atom. The first-order valence-corrected chi connectivity index (χ1v) is 8.35. The molecule has 118 valence electrons. The Morgan fingerprint density at radius 3 is 2.27 bits per heavy atom. The molecule has 22 heavy (non-hydrogen) atoms. The summed E-state index contributed by atoms with van der Waals surface area (Å²) in [6.07, 6.45) is 2.77. The predicted molar refractivity (Wildman–Crippen MR) is 78.8 cm³/mol. The monoisotopic (exact) mass is 323 g/mol. The van der Waals surface area contributed by atoms with Crippen LogP contribution in [0.3, 0.4) is 0 Å². The lowest BCUT2D eigenvalue weighted by Gasteiger charge is -2.25. The van der Waals surface area contributed by atoms with Gasteiger partial charge in [0.15, 0.2) is 0 Å². The molecule has 0 amide bonds. The van der Waals surface area contributed by atoms with Gasteiger partial charge >= 0.3 is 11.7 Å². The van der Waals surface area contributed by atoms with Gasteiger partial charge in [-0.05, 0) is 37.1 Å². The Balaban J connectivity index is 2.28. The van der Waals surface area contributed by atoms with Crippen LogP contribution in [0.1, 0.15) is 24.8 Å². The molecule has 0 unspecified atom stereocenters. The number of methoxy groups -OCH3 is 1. The van der Waals surface area contributed by atoms with Gasteiger partial charge in [0.2, 0.25) is 10.0 Å². The second kappa shape index (κ2) is 6.83. The zero-order valence-corrected chi connectivity index (χ0v) is 13.0. The molecule has 0 bridgehead atoms. The average Bonchev–Trinajstić information content (AvgIpc) is 2.56. The number of hydrogen-bond acceptors (Lipinski definition) is 4. The molecule has 1 aromatic carbocycles. The molecule has 0 aromatic heterocycles. The van der Waals surface area contributed by atoms with E-state index >= 15 is 0 Å². The normalized spacial score (nSPS) is 15.9. The molecule has 1 aliphatic rings. The van der Waals surface area contributed by atoms with E-state index in [-0.39, 0.29) is 16.2 Å². The predicted octanol–water partition coefficient (Wildman–Crippen LogP) is 1.05. The van der Waals surface area contributed by atoms with E-state index in [2.05, 4.69) is 9.53 Å². The van der Waals surface area contributed by atoms with Crippen LogP contribution < -0.4 is 0 Å². The molecular formula is C14H17N3O4S. The minimum absolute atomic E-state index is 0.153. The lowest BCUT2D eigenvalue weighted by atomic mass is 10.1. The fourth-order valence-electron chi connectivity index (χ4n) is 2.35. The topological polar surface area (TPSA) is 100 Å². The lowest BCUT2D eigenvalue weighted by molar-refractivity contribution is -0.137. The number of nitrogens with zero attached hydrogens (tertiary/aromatic N) is 3. The van der Waals surface area contributed by atoms with Crippen molar-refractivity contribution in [3.63, 3.8) is 0 Å². The Bertz CT molecular complexity index is 700. The number of carbonyl (C=O) groups is 1. The molecule has 0 radical (unpaired) electrons.